The quantitative estimate of drug-likeness (QED) is 0.678. The van der Waals surface area contributed by atoms with Gasteiger partial charge >= 0.3 is 0 Å². The lowest BCUT2D eigenvalue weighted by atomic mass is 10.0. The summed E-state index contributed by atoms with van der Waals surface area (Å²) in [5.74, 6) is 0.503. The monoisotopic (exact) mass is 312 g/mol. The van der Waals surface area contributed by atoms with Gasteiger partial charge in [-0.1, -0.05) is 36.0 Å². The lowest BCUT2D eigenvalue weighted by Crippen LogP contribution is -2.30. The van der Waals surface area contributed by atoms with Gasteiger partial charge in [-0.15, -0.1) is 0 Å². The van der Waals surface area contributed by atoms with Crippen molar-refractivity contribution in [2.24, 2.45) is 0 Å². The molecule has 2 heterocycles. The second-order valence-electron chi connectivity index (χ2n) is 5.14. The van der Waals surface area contributed by atoms with E-state index in [0.717, 1.165) is 25.9 Å². The van der Waals surface area contributed by atoms with E-state index < -0.39 is 0 Å². The van der Waals surface area contributed by atoms with Crippen molar-refractivity contribution in [3.8, 4) is 6.07 Å². The van der Waals surface area contributed by atoms with Gasteiger partial charge in [0.05, 0.1) is 0 Å². The van der Waals surface area contributed by atoms with Crippen LogP contribution in [0, 0.1) is 11.3 Å². The summed E-state index contributed by atoms with van der Waals surface area (Å²) in [5, 5.41) is 9.84. The van der Waals surface area contributed by atoms with Gasteiger partial charge in [-0.05, 0) is 30.2 Å². The molecule has 22 heavy (non-hydrogen) atoms. The fourth-order valence-corrected chi connectivity index (χ4v) is 3.12. The largest absolute Gasteiger partial charge is 0.355 e. The molecule has 0 saturated carbocycles. The number of thioether (sulfide) groups is 1. The van der Waals surface area contributed by atoms with Crippen molar-refractivity contribution >= 4 is 17.6 Å². The minimum atomic E-state index is -0.362. The van der Waals surface area contributed by atoms with Crippen molar-refractivity contribution in [1.82, 2.24) is 9.97 Å². The van der Waals surface area contributed by atoms with Crippen molar-refractivity contribution in [3.63, 3.8) is 0 Å². The summed E-state index contributed by atoms with van der Waals surface area (Å²) in [7, 11) is 0. The number of aromatic nitrogens is 2. The lowest BCUT2D eigenvalue weighted by molar-refractivity contribution is 0.768. The van der Waals surface area contributed by atoms with Crippen molar-refractivity contribution in [3.05, 3.63) is 51.3 Å². The summed E-state index contributed by atoms with van der Waals surface area (Å²) in [6.07, 6.45) is 3.64. The molecule has 1 aromatic carbocycles. The van der Waals surface area contributed by atoms with Crippen LogP contribution < -0.4 is 10.5 Å². The molecule has 2 aromatic rings. The van der Waals surface area contributed by atoms with Crippen LogP contribution in [-0.4, -0.2) is 29.3 Å². The first-order valence-electron chi connectivity index (χ1n) is 7.13. The first-order chi connectivity index (χ1) is 10.7. The van der Waals surface area contributed by atoms with Crippen molar-refractivity contribution in [2.75, 3.05) is 24.2 Å². The third kappa shape index (κ3) is 2.72. The molecule has 0 amide bonds. The Kier molecular flexibility index (Phi) is 4.16. The van der Waals surface area contributed by atoms with Crippen LogP contribution >= 0.6 is 11.8 Å². The Morgan fingerprint density at radius 3 is 2.45 bits per heavy atom. The SMILES string of the molecule is CSc1nc(N2CCc3ccccc3CC2)c(C#N)c(=O)[nH]1. The maximum absolute atomic E-state index is 12.0. The Hall–Kier alpha value is -2.26. The van der Waals surface area contributed by atoms with Gasteiger partial charge in [-0.2, -0.15) is 5.26 Å². The van der Waals surface area contributed by atoms with E-state index in [0.29, 0.717) is 11.0 Å². The lowest BCUT2D eigenvalue weighted by Gasteiger charge is -2.22. The smallest absolute Gasteiger partial charge is 0.271 e. The number of rotatable bonds is 2. The van der Waals surface area contributed by atoms with E-state index in [1.165, 1.54) is 22.9 Å². The minimum absolute atomic E-state index is 0.101. The number of H-pyrrole nitrogens is 1. The van der Waals surface area contributed by atoms with Crippen LogP contribution in [-0.2, 0) is 12.8 Å². The van der Waals surface area contributed by atoms with E-state index in [1.807, 2.05) is 29.4 Å². The Morgan fingerprint density at radius 1 is 1.27 bits per heavy atom. The Morgan fingerprint density at radius 2 is 1.91 bits per heavy atom. The molecule has 1 aliphatic heterocycles. The van der Waals surface area contributed by atoms with Crippen LogP contribution in [0.25, 0.3) is 0 Å². The van der Waals surface area contributed by atoms with E-state index in [4.69, 9.17) is 0 Å². The molecule has 1 aromatic heterocycles. The van der Waals surface area contributed by atoms with E-state index >= 15 is 0 Å². The Bertz CT molecular complexity index is 766. The Balaban J connectivity index is 1.97. The van der Waals surface area contributed by atoms with Gasteiger partial charge in [-0.25, -0.2) is 4.98 Å². The number of aromatic amines is 1. The molecule has 0 fully saturated rings. The van der Waals surface area contributed by atoms with Crippen LogP contribution in [0.3, 0.4) is 0 Å². The van der Waals surface area contributed by atoms with Crippen LogP contribution in [0.15, 0.2) is 34.2 Å². The molecular formula is C16H16N4OS. The van der Waals surface area contributed by atoms with Gasteiger partial charge in [0.25, 0.3) is 5.56 Å². The zero-order chi connectivity index (χ0) is 15.5. The number of hydrogen-bond acceptors (Lipinski definition) is 5. The molecule has 0 aliphatic carbocycles. The number of nitrogens with one attached hydrogen (secondary N) is 1. The summed E-state index contributed by atoms with van der Waals surface area (Å²) < 4.78 is 0. The third-order valence-electron chi connectivity index (χ3n) is 3.90. The molecular weight excluding hydrogens is 296 g/mol. The van der Waals surface area contributed by atoms with Gasteiger partial charge in [-0.3, -0.25) is 4.79 Å². The molecule has 0 atom stereocenters. The first kappa shape index (κ1) is 14.7. The molecule has 6 heteroatoms. The standard InChI is InChI=1S/C16H16N4OS/c1-22-16-18-14(13(10-17)15(21)19-16)20-8-6-11-4-2-3-5-12(11)7-9-20/h2-5H,6-9H2,1H3,(H,18,19,21). The molecule has 0 spiro atoms. The summed E-state index contributed by atoms with van der Waals surface area (Å²) in [6, 6.07) is 10.4. The molecule has 0 bridgehead atoms. The average molecular weight is 312 g/mol. The van der Waals surface area contributed by atoms with E-state index in [2.05, 4.69) is 22.1 Å². The van der Waals surface area contributed by atoms with E-state index in [-0.39, 0.29) is 11.1 Å². The fourth-order valence-electron chi connectivity index (χ4n) is 2.75. The highest BCUT2D eigenvalue weighted by Gasteiger charge is 2.20. The average Bonchev–Trinajstić information content (AvgIpc) is 2.76. The first-order valence-corrected chi connectivity index (χ1v) is 8.35. The molecule has 0 saturated heterocycles. The molecule has 3 rings (SSSR count). The number of hydrogen-bond donors (Lipinski definition) is 1. The number of benzene rings is 1. The number of nitrogens with zero attached hydrogens (tertiary/aromatic N) is 3. The van der Waals surface area contributed by atoms with Gasteiger partial charge in [0.15, 0.2) is 16.5 Å². The molecule has 0 unspecified atom stereocenters. The van der Waals surface area contributed by atoms with Gasteiger partial charge in [0, 0.05) is 13.1 Å². The highest BCUT2D eigenvalue weighted by molar-refractivity contribution is 7.98. The summed E-state index contributed by atoms with van der Waals surface area (Å²) in [5.41, 5.74) is 2.40. The second kappa shape index (κ2) is 6.24. The van der Waals surface area contributed by atoms with Gasteiger partial charge < -0.3 is 9.88 Å². The maximum atomic E-state index is 12.0. The van der Waals surface area contributed by atoms with E-state index in [9.17, 15) is 10.1 Å². The molecule has 112 valence electrons. The predicted molar refractivity (Wildman–Crippen MR) is 87.4 cm³/mol. The van der Waals surface area contributed by atoms with E-state index in [1.54, 1.807) is 0 Å². The van der Waals surface area contributed by atoms with Gasteiger partial charge in [0.2, 0.25) is 0 Å². The Labute approximate surface area is 133 Å². The fraction of sp³-hybridized carbons (Fsp3) is 0.312. The molecule has 0 radical (unpaired) electrons. The topological polar surface area (TPSA) is 72.8 Å². The van der Waals surface area contributed by atoms with Crippen LogP contribution in [0.1, 0.15) is 16.7 Å². The summed E-state index contributed by atoms with van der Waals surface area (Å²) >= 11 is 1.37. The van der Waals surface area contributed by atoms with Crippen molar-refractivity contribution < 1.29 is 0 Å². The predicted octanol–water partition coefficient (Wildman–Crippen LogP) is 1.97. The van der Waals surface area contributed by atoms with Crippen LogP contribution in [0.2, 0.25) is 0 Å². The van der Waals surface area contributed by atoms with Crippen molar-refractivity contribution in [1.29, 1.82) is 5.26 Å². The number of fused-ring (bicyclic) bond motifs is 1. The number of nitriles is 1. The summed E-state index contributed by atoms with van der Waals surface area (Å²) in [4.78, 5) is 21.2. The van der Waals surface area contributed by atoms with Crippen LogP contribution in [0.5, 0.6) is 0 Å². The minimum Gasteiger partial charge on any atom is -0.355 e. The molecule has 5 nitrogen and oxygen atoms in total. The highest BCUT2D eigenvalue weighted by atomic mass is 32.2. The molecule has 1 N–H and O–H groups in total. The maximum Gasteiger partial charge on any atom is 0.271 e. The van der Waals surface area contributed by atoms with Crippen molar-refractivity contribution in [2.45, 2.75) is 18.0 Å². The third-order valence-corrected chi connectivity index (χ3v) is 4.48. The summed E-state index contributed by atoms with van der Waals surface area (Å²) in [6.45, 7) is 1.52. The zero-order valence-electron chi connectivity index (χ0n) is 12.3. The molecule has 1 aliphatic rings. The number of anilines is 1. The highest BCUT2D eigenvalue weighted by Crippen LogP contribution is 2.22. The van der Waals surface area contributed by atoms with Crippen LogP contribution in [0.4, 0.5) is 5.82 Å². The normalized spacial score (nSPS) is 14.1. The van der Waals surface area contributed by atoms with Gasteiger partial charge in [0.1, 0.15) is 6.07 Å². The zero-order valence-corrected chi connectivity index (χ0v) is 13.1. The second-order valence-corrected chi connectivity index (χ2v) is 5.94.